The molecule has 1 aliphatic rings. The lowest BCUT2D eigenvalue weighted by Crippen LogP contribution is -1.89. The minimum atomic E-state index is 0.916. The first-order valence-electron chi connectivity index (χ1n) is 10.3. The Balaban J connectivity index is 1.62. The molecule has 29 heavy (non-hydrogen) atoms. The first kappa shape index (κ1) is 16.6. The minimum Gasteiger partial charge on any atom is -0.455 e. The molecule has 0 atom stereocenters. The van der Waals surface area contributed by atoms with Crippen LogP contribution in [-0.2, 0) is 0 Å². The second kappa shape index (κ2) is 6.31. The van der Waals surface area contributed by atoms with Gasteiger partial charge in [0.05, 0.1) is 5.69 Å². The molecule has 2 nitrogen and oxygen atoms in total. The summed E-state index contributed by atoms with van der Waals surface area (Å²) >= 11 is 0. The van der Waals surface area contributed by atoms with E-state index in [2.05, 4.69) is 61.5 Å². The van der Waals surface area contributed by atoms with Gasteiger partial charge in [-0.15, -0.1) is 0 Å². The first-order valence-corrected chi connectivity index (χ1v) is 10.3. The number of benzene rings is 3. The maximum Gasteiger partial charge on any atom is 0.144 e. The number of pyridine rings is 1. The Morgan fingerprint density at radius 1 is 0.897 bits per heavy atom. The summed E-state index contributed by atoms with van der Waals surface area (Å²) in [5, 5.41) is 4.71. The van der Waals surface area contributed by atoms with E-state index in [-0.39, 0.29) is 0 Å². The summed E-state index contributed by atoms with van der Waals surface area (Å²) in [7, 11) is 0. The topological polar surface area (TPSA) is 26.0 Å². The molecule has 0 saturated carbocycles. The molecular formula is C27H21NO. The van der Waals surface area contributed by atoms with E-state index in [9.17, 15) is 0 Å². The number of allylic oxidation sites excluding steroid dienone is 2. The van der Waals surface area contributed by atoms with Crippen molar-refractivity contribution in [3.8, 4) is 11.3 Å². The third-order valence-corrected chi connectivity index (χ3v) is 6.05. The van der Waals surface area contributed by atoms with Gasteiger partial charge in [-0.3, -0.25) is 4.98 Å². The predicted octanol–water partition coefficient (Wildman–Crippen LogP) is 7.68. The Hall–Kier alpha value is -3.39. The number of para-hydroxylation sites is 1. The van der Waals surface area contributed by atoms with E-state index in [0.717, 1.165) is 33.2 Å². The molecule has 0 fully saturated rings. The first-order chi connectivity index (χ1) is 14.3. The van der Waals surface area contributed by atoms with E-state index >= 15 is 0 Å². The predicted molar refractivity (Wildman–Crippen MR) is 121 cm³/mol. The summed E-state index contributed by atoms with van der Waals surface area (Å²) in [6.07, 6.45) is 7.94. The van der Waals surface area contributed by atoms with Crippen molar-refractivity contribution in [2.24, 2.45) is 0 Å². The maximum atomic E-state index is 6.30. The van der Waals surface area contributed by atoms with Crippen LogP contribution in [0.2, 0.25) is 0 Å². The van der Waals surface area contributed by atoms with Crippen LogP contribution in [0.5, 0.6) is 0 Å². The highest BCUT2D eigenvalue weighted by molar-refractivity contribution is 6.12. The van der Waals surface area contributed by atoms with Crippen LogP contribution < -0.4 is 0 Å². The standard InChI is InChI=1S/C27H21NO/c1-17-14-23-22-8-4-5-9-25(22)29-27(23)24(15-17)26-21-11-10-19(18-6-2-3-7-18)16-20(21)12-13-28-26/h4-6,8-16H,2-3,7H2,1H3. The van der Waals surface area contributed by atoms with E-state index in [1.165, 1.54) is 46.7 Å². The van der Waals surface area contributed by atoms with Crippen LogP contribution in [0.3, 0.4) is 0 Å². The summed E-state index contributed by atoms with van der Waals surface area (Å²) in [5.74, 6) is 0. The third-order valence-electron chi connectivity index (χ3n) is 6.05. The number of rotatable bonds is 2. The number of aryl methyl sites for hydroxylation is 1. The van der Waals surface area contributed by atoms with Crippen LogP contribution in [0.15, 0.2) is 77.4 Å². The largest absolute Gasteiger partial charge is 0.455 e. The fourth-order valence-corrected chi connectivity index (χ4v) is 4.67. The molecule has 2 heteroatoms. The lowest BCUT2D eigenvalue weighted by molar-refractivity contribution is 0.670. The van der Waals surface area contributed by atoms with Crippen LogP contribution in [0, 0.1) is 6.92 Å². The fraction of sp³-hybridized carbons (Fsp3) is 0.148. The molecule has 6 rings (SSSR count). The summed E-state index contributed by atoms with van der Waals surface area (Å²) in [6.45, 7) is 2.14. The molecular weight excluding hydrogens is 354 g/mol. The number of nitrogens with zero attached hydrogens (tertiary/aromatic N) is 1. The van der Waals surface area contributed by atoms with Crippen molar-refractivity contribution in [3.05, 3.63) is 84.1 Å². The smallest absolute Gasteiger partial charge is 0.144 e. The van der Waals surface area contributed by atoms with Crippen molar-refractivity contribution >= 4 is 38.3 Å². The number of hydrogen-bond donors (Lipinski definition) is 0. The molecule has 0 spiro atoms. The summed E-state index contributed by atoms with van der Waals surface area (Å²) in [4.78, 5) is 4.79. The van der Waals surface area contributed by atoms with Crippen molar-refractivity contribution in [2.45, 2.75) is 26.2 Å². The van der Waals surface area contributed by atoms with Gasteiger partial charge in [-0.1, -0.05) is 36.4 Å². The Morgan fingerprint density at radius 3 is 2.72 bits per heavy atom. The molecule has 5 aromatic rings. The van der Waals surface area contributed by atoms with Gasteiger partial charge in [-0.25, -0.2) is 0 Å². The Morgan fingerprint density at radius 2 is 1.83 bits per heavy atom. The zero-order valence-electron chi connectivity index (χ0n) is 16.4. The molecule has 0 radical (unpaired) electrons. The van der Waals surface area contributed by atoms with E-state index in [1.807, 2.05) is 18.3 Å². The van der Waals surface area contributed by atoms with Crippen LogP contribution in [0.1, 0.15) is 30.4 Å². The van der Waals surface area contributed by atoms with Gasteiger partial charge in [0, 0.05) is 27.9 Å². The van der Waals surface area contributed by atoms with Crippen molar-refractivity contribution in [1.29, 1.82) is 0 Å². The van der Waals surface area contributed by atoms with Gasteiger partial charge in [0.25, 0.3) is 0 Å². The Labute approximate surface area is 169 Å². The minimum absolute atomic E-state index is 0.916. The maximum absolute atomic E-state index is 6.30. The molecule has 3 aromatic carbocycles. The molecule has 1 aliphatic carbocycles. The van der Waals surface area contributed by atoms with Crippen molar-refractivity contribution in [1.82, 2.24) is 4.98 Å². The summed E-state index contributed by atoms with van der Waals surface area (Å²) in [5.41, 5.74) is 7.91. The Bertz CT molecular complexity index is 1440. The van der Waals surface area contributed by atoms with E-state index in [0.29, 0.717) is 0 Å². The van der Waals surface area contributed by atoms with Gasteiger partial charge in [0.1, 0.15) is 11.2 Å². The zero-order chi connectivity index (χ0) is 19.4. The van der Waals surface area contributed by atoms with E-state index < -0.39 is 0 Å². The highest BCUT2D eigenvalue weighted by atomic mass is 16.3. The van der Waals surface area contributed by atoms with Crippen LogP contribution in [0.4, 0.5) is 0 Å². The highest BCUT2D eigenvalue weighted by Crippen LogP contribution is 2.39. The normalized spacial score (nSPS) is 14.2. The summed E-state index contributed by atoms with van der Waals surface area (Å²) in [6, 6.07) is 21.5. The summed E-state index contributed by atoms with van der Waals surface area (Å²) < 4.78 is 6.30. The van der Waals surface area contributed by atoms with Crippen LogP contribution in [0.25, 0.3) is 49.5 Å². The van der Waals surface area contributed by atoms with E-state index in [1.54, 1.807) is 0 Å². The molecule has 140 valence electrons. The Kier molecular flexibility index (Phi) is 3.60. The van der Waals surface area contributed by atoms with Crippen molar-refractivity contribution in [2.75, 3.05) is 0 Å². The molecule has 0 aliphatic heterocycles. The van der Waals surface area contributed by atoms with Gasteiger partial charge < -0.3 is 4.42 Å². The lowest BCUT2D eigenvalue weighted by Gasteiger charge is -2.10. The molecule has 0 saturated heterocycles. The second-order valence-corrected chi connectivity index (χ2v) is 8.00. The van der Waals surface area contributed by atoms with Gasteiger partial charge >= 0.3 is 0 Å². The SMILES string of the molecule is Cc1cc(-c2nccc3cc(C4=CCCC4)ccc23)c2oc3ccccc3c2c1. The van der Waals surface area contributed by atoms with Crippen molar-refractivity contribution in [3.63, 3.8) is 0 Å². The molecule has 2 aromatic heterocycles. The average molecular weight is 375 g/mol. The zero-order valence-corrected chi connectivity index (χ0v) is 16.4. The van der Waals surface area contributed by atoms with Gasteiger partial charge in [0.2, 0.25) is 0 Å². The lowest BCUT2D eigenvalue weighted by atomic mass is 9.96. The third kappa shape index (κ3) is 2.60. The van der Waals surface area contributed by atoms with Crippen LogP contribution >= 0.6 is 0 Å². The van der Waals surface area contributed by atoms with E-state index in [4.69, 9.17) is 9.40 Å². The second-order valence-electron chi connectivity index (χ2n) is 8.00. The highest BCUT2D eigenvalue weighted by Gasteiger charge is 2.16. The van der Waals surface area contributed by atoms with Gasteiger partial charge in [-0.2, -0.15) is 0 Å². The number of furan rings is 1. The number of aromatic nitrogens is 1. The van der Waals surface area contributed by atoms with Gasteiger partial charge in [-0.05, 0) is 78.6 Å². The average Bonchev–Trinajstić information content (AvgIpc) is 3.41. The number of fused-ring (bicyclic) bond motifs is 4. The monoisotopic (exact) mass is 375 g/mol. The molecule has 0 bridgehead atoms. The van der Waals surface area contributed by atoms with Crippen LogP contribution in [-0.4, -0.2) is 4.98 Å². The quantitative estimate of drug-likeness (QED) is 0.316. The number of hydrogen-bond acceptors (Lipinski definition) is 2. The van der Waals surface area contributed by atoms with Crippen molar-refractivity contribution < 1.29 is 4.42 Å². The molecule has 0 unspecified atom stereocenters. The molecule has 0 N–H and O–H groups in total. The molecule has 2 heterocycles. The fourth-order valence-electron chi connectivity index (χ4n) is 4.67. The molecule has 0 amide bonds. The van der Waals surface area contributed by atoms with Gasteiger partial charge in [0.15, 0.2) is 0 Å².